The summed E-state index contributed by atoms with van der Waals surface area (Å²) in [6.07, 6.45) is 1.52. The predicted molar refractivity (Wildman–Crippen MR) is 60.8 cm³/mol. The molecular formula is C9H10ClN3OS. The van der Waals surface area contributed by atoms with Crippen LogP contribution in [0.25, 0.3) is 0 Å². The van der Waals surface area contributed by atoms with E-state index >= 15 is 0 Å². The lowest BCUT2D eigenvalue weighted by atomic mass is 10.3. The van der Waals surface area contributed by atoms with Gasteiger partial charge in [0.05, 0.1) is 16.4 Å². The first kappa shape index (κ1) is 12.0. The van der Waals surface area contributed by atoms with E-state index in [0.717, 1.165) is 0 Å². The van der Waals surface area contributed by atoms with E-state index in [1.165, 1.54) is 10.5 Å². The Hall–Kier alpha value is -1.12. The Balaban J connectivity index is 3.18. The van der Waals surface area contributed by atoms with Crippen molar-refractivity contribution in [3.05, 3.63) is 23.0 Å². The number of pyridine rings is 1. The molecule has 15 heavy (non-hydrogen) atoms. The molecule has 0 amide bonds. The lowest BCUT2D eigenvalue weighted by molar-refractivity contribution is 0.685. The molecule has 0 aliphatic heterocycles. The zero-order valence-electron chi connectivity index (χ0n) is 8.40. The highest BCUT2D eigenvalue weighted by Gasteiger charge is 2.14. The second-order valence-electron chi connectivity index (χ2n) is 2.79. The Morgan fingerprint density at radius 2 is 2.40 bits per heavy atom. The molecule has 6 heteroatoms. The van der Waals surface area contributed by atoms with E-state index < -0.39 is 11.0 Å². The molecule has 0 aliphatic carbocycles. The maximum Gasteiger partial charge on any atom is 0.226 e. The number of hydrogen-bond acceptors (Lipinski definition) is 3. The van der Waals surface area contributed by atoms with Crippen molar-refractivity contribution in [2.45, 2.75) is 13.8 Å². The van der Waals surface area contributed by atoms with Crippen molar-refractivity contribution in [3.8, 4) is 5.40 Å². The maximum atomic E-state index is 11.4. The summed E-state index contributed by atoms with van der Waals surface area (Å²) in [4.78, 5) is 4.05. The molecular weight excluding hydrogens is 234 g/mol. The SMILES string of the molecule is CCN(c1cc(Cl)cnc1C)S(=O)C#N. The molecule has 0 N–H and O–H groups in total. The Bertz CT molecular complexity index is 430. The van der Waals surface area contributed by atoms with Gasteiger partial charge in [-0.25, -0.2) is 4.21 Å². The van der Waals surface area contributed by atoms with Crippen molar-refractivity contribution in [3.63, 3.8) is 0 Å². The average molecular weight is 244 g/mol. The quantitative estimate of drug-likeness (QED) is 0.763. The van der Waals surface area contributed by atoms with Gasteiger partial charge in [0.2, 0.25) is 11.0 Å². The minimum Gasteiger partial charge on any atom is -0.278 e. The van der Waals surface area contributed by atoms with Gasteiger partial charge in [-0.1, -0.05) is 11.6 Å². The van der Waals surface area contributed by atoms with Crippen molar-refractivity contribution < 1.29 is 4.21 Å². The van der Waals surface area contributed by atoms with Crippen LogP contribution in [0.4, 0.5) is 5.69 Å². The number of hydrogen-bond donors (Lipinski definition) is 0. The summed E-state index contributed by atoms with van der Waals surface area (Å²) in [5.41, 5.74) is 1.33. The molecule has 0 bridgehead atoms. The average Bonchev–Trinajstić information content (AvgIpc) is 2.23. The van der Waals surface area contributed by atoms with Gasteiger partial charge in [-0.05, 0) is 19.9 Å². The van der Waals surface area contributed by atoms with Gasteiger partial charge in [0, 0.05) is 12.7 Å². The molecule has 0 fully saturated rings. The molecule has 1 aromatic heterocycles. The second-order valence-corrected chi connectivity index (χ2v) is 4.35. The zero-order chi connectivity index (χ0) is 11.4. The van der Waals surface area contributed by atoms with E-state index in [0.29, 0.717) is 22.9 Å². The molecule has 0 aliphatic rings. The normalized spacial score (nSPS) is 11.9. The third kappa shape index (κ3) is 2.67. The minimum absolute atomic E-state index is 0.461. The second kappa shape index (κ2) is 5.10. The van der Waals surface area contributed by atoms with E-state index in [4.69, 9.17) is 16.9 Å². The molecule has 0 saturated heterocycles. The first-order valence-corrected chi connectivity index (χ1v) is 5.80. The lowest BCUT2D eigenvalue weighted by Gasteiger charge is -2.19. The highest BCUT2D eigenvalue weighted by Crippen LogP contribution is 2.23. The topological polar surface area (TPSA) is 57.0 Å². The lowest BCUT2D eigenvalue weighted by Crippen LogP contribution is -2.24. The number of anilines is 1. The number of aryl methyl sites for hydroxylation is 1. The van der Waals surface area contributed by atoms with Gasteiger partial charge in [-0.3, -0.25) is 9.29 Å². The van der Waals surface area contributed by atoms with Gasteiger partial charge in [0.15, 0.2) is 5.40 Å². The highest BCUT2D eigenvalue weighted by atomic mass is 35.5. The number of halogens is 1. The van der Waals surface area contributed by atoms with Crippen LogP contribution in [0.1, 0.15) is 12.6 Å². The maximum absolute atomic E-state index is 11.4. The molecule has 4 nitrogen and oxygen atoms in total. The summed E-state index contributed by atoms with van der Waals surface area (Å²) in [5, 5.41) is 10.8. The molecule has 1 rings (SSSR count). The highest BCUT2D eigenvalue weighted by molar-refractivity contribution is 7.91. The Kier molecular flexibility index (Phi) is 4.06. The first-order valence-electron chi connectivity index (χ1n) is 4.31. The molecule has 80 valence electrons. The summed E-state index contributed by atoms with van der Waals surface area (Å²) >= 11 is 5.79. The van der Waals surface area contributed by atoms with Gasteiger partial charge in [-0.2, -0.15) is 5.26 Å². The van der Waals surface area contributed by atoms with Gasteiger partial charge in [0.25, 0.3) is 0 Å². The van der Waals surface area contributed by atoms with Crippen molar-refractivity contribution in [1.29, 1.82) is 5.26 Å². The molecule has 1 aromatic rings. The van der Waals surface area contributed by atoms with Crippen molar-refractivity contribution in [2.75, 3.05) is 10.8 Å². The number of thiocyanates is 1. The number of nitriles is 1. The molecule has 0 saturated carbocycles. The monoisotopic (exact) mass is 243 g/mol. The van der Waals surface area contributed by atoms with Crippen LogP contribution in [-0.4, -0.2) is 15.7 Å². The summed E-state index contributed by atoms with van der Waals surface area (Å²) in [7, 11) is -1.69. The minimum atomic E-state index is -1.69. The molecule has 1 atom stereocenters. The molecule has 0 aromatic carbocycles. The standard InChI is InChI=1S/C9H10ClN3OS/c1-3-13(15(14)6-11)9-4-8(10)5-12-7(9)2/h4-5H,3H2,1-2H3. The molecule has 0 radical (unpaired) electrons. The molecule has 0 spiro atoms. The fourth-order valence-corrected chi connectivity index (χ4v) is 2.02. The van der Waals surface area contributed by atoms with Crippen LogP contribution in [0.2, 0.25) is 5.02 Å². The van der Waals surface area contributed by atoms with Crippen molar-refractivity contribution >= 4 is 28.3 Å². The van der Waals surface area contributed by atoms with Gasteiger partial charge in [-0.15, -0.1) is 0 Å². The number of aromatic nitrogens is 1. The van der Waals surface area contributed by atoms with Crippen LogP contribution < -0.4 is 4.31 Å². The van der Waals surface area contributed by atoms with Crippen LogP contribution in [0.15, 0.2) is 12.3 Å². The predicted octanol–water partition coefficient (Wildman–Crippen LogP) is 2.01. The summed E-state index contributed by atoms with van der Waals surface area (Å²) in [6, 6.07) is 1.66. The number of nitrogens with zero attached hydrogens (tertiary/aromatic N) is 3. The largest absolute Gasteiger partial charge is 0.278 e. The smallest absolute Gasteiger partial charge is 0.226 e. The van der Waals surface area contributed by atoms with E-state index in [2.05, 4.69) is 4.98 Å². The third-order valence-corrected chi connectivity index (χ3v) is 3.08. The summed E-state index contributed by atoms with van der Waals surface area (Å²) in [5.74, 6) is 0. The van der Waals surface area contributed by atoms with Crippen molar-refractivity contribution in [2.24, 2.45) is 0 Å². The van der Waals surface area contributed by atoms with Crippen LogP contribution in [-0.2, 0) is 11.0 Å². The van der Waals surface area contributed by atoms with Crippen LogP contribution in [0.5, 0.6) is 0 Å². The van der Waals surface area contributed by atoms with Crippen LogP contribution in [0, 0.1) is 17.6 Å². The van der Waals surface area contributed by atoms with Gasteiger partial charge < -0.3 is 0 Å². The fourth-order valence-electron chi connectivity index (χ4n) is 1.18. The third-order valence-electron chi connectivity index (χ3n) is 1.86. The first-order chi connectivity index (χ1) is 7.10. The number of rotatable bonds is 3. The van der Waals surface area contributed by atoms with Crippen molar-refractivity contribution in [1.82, 2.24) is 4.98 Å². The van der Waals surface area contributed by atoms with Crippen LogP contribution >= 0.6 is 11.6 Å². The van der Waals surface area contributed by atoms with Crippen LogP contribution in [0.3, 0.4) is 0 Å². The molecule has 1 unspecified atom stereocenters. The summed E-state index contributed by atoms with van der Waals surface area (Å²) < 4.78 is 12.9. The van der Waals surface area contributed by atoms with E-state index in [1.807, 2.05) is 6.92 Å². The van der Waals surface area contributed by atoms with Gasteiger partial charge in [0.1, 0.15) is 0 Å². The van der Waals surface area contributed by atoms with E-state index in [1.54, 1.807) is 18.4 Å². The fraction of sp³-hybridized carbons (Fsp3) is 0.333. The van der Waals surface area contributed by atoms with E-state index in [-0.39, 0.29) is 0 Å². The molecule has 1 heterocycles. The van der Waals surface area contributed by atoms with Gasteiger partial charge >= 0.3 is 0 Å². The summed E-state index contributed by atoms with van der Waals surface area (Å²) in [6.45, 7) is 4.06. The Labute approximate surface area is 96.1 Å². The van der Waals surface area contributed by atoms with E-state index in [9.17, 15) is 4.21 Å². The Morgan fingerprint density at radius 3 is 2.93 bits per heavy atom. The zero-order valence-corrected chi connectivity index (χ0v) is 9.97. The Morgan fingerprint density at radius 1 is 1.73 bits per heavy atom.